The van der Waals surface area contributed by atoms with Crippen molar-refractivity contribution in [2.45, 2.75) is 32.2 Å². The van der Waals surface area contributed by atoms with E-state index in [0.717, 1.165) is 12.1 Å². The lowest BCUT2D eigenvalue weighted by Gasteiger charge is -2.26. The zero-order valence-corrected chi connectivity index (χ0v) is 11.0. The fourth-order valence-electron chi connectivity index (χ4n) is 2.06. The largest absolute Gasteiger partial charge is 0.336 e. The molecule has 1 aromatic heterocycles. The van der Waals surface area contributed by atoms with Gasteiger partial charge in [-0.2, -0.15) is 0 Å². The van der Waals surface area contributed by atoms with Gasteiger partial charge in [-0.15, -0.1) is 5.10 Å². The molecule has 1 amide bonds. The van der Waals surface area contributed by atoms with Crippen LogP contribution in [0.1, 0.15) is 35.1 Å². The maximum atomic E-state index is 12.3. The van der Waals surface area contributed by atoms with Gasteiger partial charge in [0.2, 0.25) is 0 Å². The first-order chi connectivity index (χ1) is 8.19. The summed E-state index contributed by atoms with van der Waals surface area (Å²) in [5.41, 5.74) is 6.54. The second kappa shape index (κ2) is 5.10. The number of rotatable bonds is 5. The third-order valence-electron chi connectivity index (χ3n) is 3.31. The number of hydrogen-bond acceptors (Lipinski definition) is 5. The Kier molecular flexibility index (Phi) is 3.73. The molecular formula is C11H18N4OS. The lowest BCUT2D eigenvalue weighted by Crippen LogP contribution is -2.43. The number of nitrogens with zero attached hydrogens (tertiary/aromatic N) is 3. The van der Waals surface area contributed by atoms with Crippen LogP contribution in [-0.4, -0.2) is 40.0 Å². The molecule has 94 valence electrons. The van der Waals surface area contributed by atoms with Crippen molar-refractivity contribution < 1.29 is 4.79 Å². The van der Waals surface area contributed by atoms with Gasteiger partial charge in [0.05, 0.1) is 5.69 Å². The van der Waals surface area contributed by atoms with E-state index in [2.05, 4.69) is 9.59 Å². The van der Waals surface area contributed by atoms with Crippen LogP contribution in [0.5, 0.6) is 0 Å². The van der Waals surface area contributed by atoms with Gasteiger partial charge >= 0.3 is 0 Å². The van der Waals surface area contributed by atoms with Crippen LogP contribution in [0, 0.1) is 5.92 Å². The first-order valence-electron chi connectivity index (χ1n) is 5.97. The normalized spacial score (nSPS) is 16.9. The van der Waals surface area contributed by atoms with Gasteiger partial charge in [0.15, 0.2) is 0 Å². The van der Waals surface area contributed by atoms with Gasteiger partial charge in [0, 0.05) is 19.6 Å². The molecule has 1 unspecified atom stereocenters. The van der Waals surface area contributed by atoms with E-state index in [9.17, 15) is 4.79 Å². The van der Waals surface area contributed by atoms with Crippen LogP contribution in [0.15, 0.2) is 0 Å². The van der Waals surface area contributed by atoms with Crippen molar-refractivity contribution in [2.24, 2.45) is 11.7 Å². The summed E-state index contributed by atoms with van der Waals surface area (Å²) in [5, 5.41) is 3.97. The third kappa shape index (κ3) is 2.47. The minimum atomic E-state index is 0.0131. The minimum absolute atomic E-state index is 0.0131. The van der Waals surface area contributed by atoms with Crippen LogP contribution in [0.4, 0.5) is 0 Å². The summed E-state index contributed by atoms with van der Waals surface area (Å²) in [4.78, 5) is 14.7. The van der Waals surface area contributed by atoms with E-state index in [1.807, 2.05) is 14.0 Å². The highest BCUT2D eigenvalue weighted by Gasteiger charge is 2.35. The molecule has 0 radical (unpaired) electrons. The molecule has 2 N–H and O–H groups in total. The zero-order chi connectivity index (χ0) is 12.4. The standard InChI is InChI=1S/C11H18N4OS/c1-3-8-10(17-14-13-8)11(16)15(2)9(6-12)7-4-5-7/h7,9H,3-6,12H2,1-2H3. The molecule has 6 heteroatoms. The predicted octanol–water partition coefficient (Wildman–Crippen LogP) is 0.910. The minimum Gasteiger partial charge on any atom is -0.336 e. The molecule has 0 spiro atoms. The lowest BCUT2D eigenvalue weighted by atomic mass is 10.1. The number of nitrogens with two attached hydrogens (primary N) is 1. The Morgan fingerprint density at radius 2 is 2.35 bits per heavy atom. The fraction of sp³-hybridized carbons (Fsp3) is 0.727. The highest BCUT2D eigenvalue weighted by Crippen LogP contribution is 2.35. The molecule has 0 saturated heterocycles. The van der Waals surface area contributed by atoms with Crippen LogP contribution in [-0.2, 0) is 6.42 Å². The SMILES string of the molecule is CCc1nnsc1C(=O)N(C)C(CN)C1CC1. The van der Waals surface area contributed by atoms with Crippen molar-refractivity contribution in [3.63, 3.8) is 0 Å². The van der Waals surface area contributed by atoms with Crippen LogP contribution < -0.4 is 5.73 Å². The van der Waals surface area contributed by atoms with Gasteiger partial charge in [0.25, 0.3) is 5.91 Å². The van der Waals surface area contributed by atoms with Crippen LogP contribution >= 0.6 is 11.5 Å². The smallest absolute Gasteiger partial charge is 0.267 e. The molecule has 1 aromatic rings. The molecule has 17 heavy (non-hydrogen) atoms. The van der Waals surface area contributed by atoms with E-state index in [1.165, 1.54) is 24.4 Å². The average molecular weight is 254 g/mol. The van der Waals surface area contributed by atoms with Crippen molar-refractivity contribution >= 4 is 17.4 Å². The Morgan fingerprint density at radius 3 is 2.88 bits per heavy atom. The summed E-state index contributed by atoms with van der Waals surface area (Å²) in [7, 11) is 1.83. The Bertz CT molecular complexity index is 402. The number of carbonyl (C=O) groups is 1. The molecule has 1 saturated carbocycles. The average Bonchev–Trinajstić information content (AvgIpc) is 3.05. The second-order valence-corrected chi connectivity index (χ2v) is 5.21. The van der Waals surface area contributed by atoms with Crippen molar-refractivity contribution in [1.82, 2.24) is 14.5 Å². The maximum Gasteiger partial charge on any atom is 0.267 e. The van der Waals surface area contributed by atoms with Crippen LogP contribution in [0.2, 0.25) is 0 Å². The summed E-state index contributed by atoms with van der Waals surface area (Å²) >= 11 is 1.18. The Balaban J connectivity index is 2.13. The van der Waals surface area contributed by atoms with E-state index in [1.54, 1.807) is 4.90 Å². The number of aromatic nitrogens is 2. The number of carbonyl (C=O) groups excluding carboxylic acids is 1. The molecular weight excluding hydrogens is 236 g/mol. The lowest BCUT2D eigenvalue weighted by molar-refractivity contribution is 0.0722. The summed E-state index contributed by atoms with van der Waals surface area (Å²) in [6.45, 7) is 2.51. The molecule has 5 nitrogen and oxygen atoms in total. The molecule has 1 fully saturated rings. The van der Waals surface area contributed by atoms with Gasteiger partial charge in [-0.1, -0.05) is 11.4 Å². The third-order valence-corrected chi connectivity index (χ3v) is 4.07. The first kappa shape index (κ1) is 12.4. The molecule has 1 aliphatic carbocycles. The summed E-state index contributed by atoms with van der Waals surface area (Å²) in [5.74, 6) is 0.596. The zero-order valence-electron chi connectivity index (χ0n) is 10.2. The molecule has 2 rings (SSSR count). The van der Waals surface area contributed by atoms with Crippen LogP contribution in [0.3, 0.4) is 0 Å². The van der Waals surface area contributed by atoms with Crippen molar-refractivity contribution in [3.8, 4) is 0 Å². The van der Waals surface area contributed by atoms with Crippen LogP contribution in [0.25, 0.3) is 0 Å². The molecule has 1 atom stereocenters. The van der Waals surface area contributed by atoms with Crippen molar-refractivity contribution in [2.75, 3.05) is 13.6 Å². The summed E-state index contributed by atoms with van der Waals surface area (Å²) in [6.07, 6.45) is 3.10. The number of amides is 1. The van der Waals surface area contributed by atoms with Crippen molar-refractivity contribution in [1.29, 1.82) is 0 Å². The van der Waals surface area contributed by atoms with Crippen molar-refractivity contribution in [3.05, 3.63) is 10.6 Å². The van der Waals surface area contributed by atoms with Gasteiger partial charge in [-0.3, -0.25) is 4.79 Å². The Labute approximate surface area is 105 Å². The topological polar surface area (TPSA) is 72.1 Å². The summed E-state index contributed by atoms with van der Waals surface area (Å²) < 4.78 is 3.85. The van der Waals surface area contributed by atoms with Gasteiger partial charge in [-0.05, 0) is 36.7 Å². The Hall–Kier alpha value is -1.01. The number of likely N-dealkylation sites (N-methyl/N-ethyl adjacent to an activating group) is 1. The van der Waals surface area contributed by atoms with Gasteiger partial charge in [-0.25, -0.2) is 0 Å². The molecule has 0 bridgehead atoms. The molecule has 0 aliphatic heterocycles. The summed E-state index contributed by atoms with van der Waals surface area (Å²) in [6, 6.07) is 0.161. The molecule has 1 aliphatic rings. The van der Waals surface area contributed by atoms with E-state index < -0.39 is 0 Å². The Morgan fingerprint density at radius 1 is 1.65 bits per heavy atom. The van der Waals surface area contributed by atoms with Gasteiger partial charge < -0.3 is 10.6 Å². The maximum absolute atomic E-state index is 12.3. The highest BCUT2D eigenvalue weighted by molar-refractivity contribution is 7.08. The van der Waals surface area contributed by atoms with E-state index in [4.69, 9.17) is 5.73 Å². The molecule has 0 aromatic carbocycles. The number of aryl methyl sites for hydroxylation is 1. The van der Waals surface area contributed by atoms with E-state index >= 15 is 0 Å². The highest BCUT2D eigenvalue weighted by atomic mass is 32.1. The predicted molar refractivity (Wildman–Crippen MR) is 66.9 cm³/mol. The second-order valence-electron chi connectivity index (χ2n) is 4.46. The quantitative estimate of drug-likeness (QED) is 0.847. The number of hydrogen-bond donors (Lipinski definition) is 1. The monoisotopic (exact) mass is 254 g/mol. The van der Waals surface area contributed by atoms with E-state index in [0.29, 0.717) is 17.3 Å². The molecule has 1 heterocycles. The van der Waals surface area contributed by atoms with Gasteiger partial charge in [0.1, 0.15) is 4.88 Å². The first-order valence-corrected chi connectivity index (χ1v) is 6.74. The fourth-order valence-corrected chi connectivity index (χ4v) is 2.79. The van der Waals surface area contributed by atoms with E-state index in [-0.39, 0.29) is 11.9 Å².